The fourth-order valence-corrected chi connectivity index (χ4v) is 2.86. The summed E-state index contributed by atoms with van der Waals surface area (Å²) in [7, 11) is 1.54. The summed E-state index contributed by atoms with van der Waals surface area (Å²) in [6.45, 7) is 4.91. The number of methoxy groups -OCH3 is 1. The minimum atomic E-state index is -0.672. The van der Waals surface area contributed by atoms with Gasteiger partial charge in [0.2, 0.25) is 0 Å². The Morgan fingerprint density at radius 3 is 1.61 bits per heavy atom. The minimum Gasteiger partial charge on any atom is -0.491 e. The molecule has 154 valence electrons. The summed E-state index contributed by atoms with van der Waals surface area (Å²) in [4.78, 5) is 0. The van der Waals surface area contributed by atoms with Gasteiger partial charge in [0.25, 0.3) is 0 Å². The van der Waals surface area contributed by atoms with E-state index in [0.29, 0.717) is 11.5 Å². The third kappa shape index (κ3) is 6.38. The van der Waals surface area contributed by atoms with Crippen molar-refractivity contribution in [3.05, 3.63) is 59.7 Å². The SMILES string of the molecule is COC[C@H](O)COc1ccc(C(C)(C)c2ccc(OC[C@H](O)CCl)cc2)cc1. The smallest absolute Gasteiger partial charge is 0.119 e. The molecule has 0 heterocycles. The predicted octanol–water partition coefficient (Wildman–Crippen LogP) is 3.38. The fraction of sp³-hybridized carbons (Fsp3) is 0.455. The predicted molar refractivity (Wildman–Crippen MR) is 111 cm³/mol. The van der Waals surface area contributed by atoms with Crippen LogP contribution in [-0.2, 0) is 10.2 Å². The van der Waals surface area contributed by atoms with Crippen molar-refractivity contribution in [2.45, 2.75) is 31.5 Å². The Morgan fingerprint density at radius 1 is 0.786 bits per heavy atom. The Bertz CT molecular complexity index is 700. The molecule has 28 heavy (non-hydrogen) atoms. The van der Waals surface area contributed by atoms with Gasteiger partial charge in [-0.25, -0.2) is 0 Å². The lowest BCUT2D eigenvalue weighted by Crippen LogP contribution is -2.22. The van der Waals surface area contributed by atoms with Crippen LogP contribution >= 0.6 is 11.6 Å². The Kier molecular flexibility index (Phi) is 8.58. The Balaban J connectivity index is 2.01. The molecule has 0 aliphatic rings. The quantitative estimate of drug-likeness (QED) is 0.558. The molecule has 0 aromatic heterocycles. The highest BCUT2D eigenvalue weighted by Gasteiger charge is 2.23. The van der Waals surface area contributed by atoms with Crippen molar-refractivity contribution in [1.29, 1.82) is 0 Å². The van der Waals surface area contributed by atoms with E-state index in [1.54, 1.807) is 7.11 Å². The molecular formula is C22H29ClO5. The molecule has 2 rings (SSSR count). The number of aliphatic hydroxyl groups excluding tert-OH is 2. The van der Waals surface area contributed by atoms with Crippen molar-refractivity contribution in [3.63, 3.8) is 0 Å². The van der Waals surface area contributed by atoms with E-state index >= 15 is 0 Å². The monoisotopic (exact) mass is 408 g/mol. The lowest BCUT2D eigenvalue weighted by Gasteiger charge is -2.26. The van der Waals surface area contributed by atoms with Crippen LogP contribution in [0.25, 0.3) is 0 Å². The first kappa shape index (κ1) is 22.5. The van der Waals surface area contributed by atoms with Crippen molar-refractivity contribution >= 4 is 11.6 Å². The largest absolute Gasteiger partial charge is 0.491 e. The lowest BCUT2D eigenvalue weighted by molar-refractivity contribution is 0.0325. The lowest BCUT2D eigenvalue weighted by atomic mass is 9.78. The summed E-state index contributed by atoms with van der Waals surface area (Å²) in [5, 5.41) is 19.1. The third-order valence-corrected chi connectivity index (χ3v) is 4.93. The highest BCUT2D eigenvalue weighted by atomic mass is 35.5. The molecule has 0 aliphatic heterocycles. The molecule has 0 aliphatic carbocycles. The number of rotatable bonds is 11. The highest BCUT2D eigenvalue weighted by Crippen LogP contribution is 2.33. The third-order valence-electron chi connectivity index (χ3n) is 4.57. The van der Waals surface area contributed by atoms with E-state index in [1.165, 1.54) is 0 Å². The number of hydrogen-bond acceptors (Lipinski definition) is 5. The molecule has 6 heteroatoms. The molecule has 5 nitrogen and oxygen atoms in total. The molecule has 0 saturated carbocycles. The maximum absolute atomic E-state index is 9.67. The van der Waals surface area contributed by atoms with Gasteiger partial charge in [-0.05, 0) is 35.4 Å². The van der Waals surface area contributed by atoms with Gasteiger partial charge in [0.15, 0.2) is 0 Å². The van der Waals surface area contributed by atoms with Gasteiger partial charge in [-0.15, -0.1) is 11.6 Å². The molecule has 0 amide bonds. The van der Waals surface area contributed by atoms with E-state index in [2.05, 4.69) is 13.8 Å². The summed E-state index contributed by atoms with van der Waals surface area (Å²) >= 11 is 5.57. The summed E-state index contributed by atoms with van der Waals surface area (Å²) in [6.07, 6.45) is -1.32. The van der Waals surface area contributed by atoms with Crippen LogP contribution in [0, 0.1) is 0 Å². The number of alkyl halides is 1. The van der Waals surface area contributed by atoms with E-state index in [1.807, 2.05) is 48.5 Å². The van der Waals surface area contributed by atoms with Gasteiger partial charge in [0, 0.05) is 12.5 Å². The second-order valence-corrected chi connectivity index (χ2v) is 7.52. The first-order valence-corrected chi connectivity index (χ1v) is 9.78. The van der Waals surface area contributed by atoms with E-state index < -0.39 is 12.2 Å². The van der Waals surface area contributed by atoms with Crippen molar-refractivity contribution in [3.8, 4) is 11.5 Å². The van der Waals surface area contributed by atoms with Crippen LogP contribution in [0.2, 0.25) is 0 Å². The van der Waals surface area contributed by atoms with Gasteiger partial charge in [-0.1, -0.05) is 38.1 Å². The number of aliphatic hydroxyl groups is 2. The number of hydrogen-bond donors (Lipinski definition) is 2. The van der Waals surface area contributed by atoms with E-state index in [9.17, 15) is 10.2 Å². The summed E-state index contributed by atoms with van der Waals surface area (Å²) < 4.78 is 16.0. The van der Waals surface area contributed by atoms with Crippen LogP contribution in [-0.4, -0.2) is 55.2 Å². The van der Waals surface area contributed by atoms with Gasteiger partial charge in [0.05, 0.1) is 12.5 Å². The molecule has 0 fully saturated rings. The Hall–Kier alpha value is -1.79. The van der Waals surface area contributed by atoms with Crippen LogP contribution in [0.4, 0.5) is 0 Å². The van der Waals surface area contributed by atoms with Crippen LogP contribution in [0.3, 0.4) is 0 Å². The van der Waals surface area contributed by atoms with Gasteiger partial charge in [0.1, 0.15) is 36.9 Å². The maximum atomic E-state index is 9.67. The molecule has 2 N–H and O–H groups in total. The second-order valence-electron chi connectivity index (χ2n) is 7.21. The van der Waals surface area contributed by atoms with E-state index in [4.69, 9.17) is 25.8 Å². The first-order valence-electron chi connectivity index (χ1n) is 9.24. The van der Waals surface area contributed by atoms with Crippen LogP contribution in [0.15, 0.2) is 48.5 Å². The highest BCUT2D eigenvalue weighted by molar-refractivity contribution is 6.18. The number of halogens is 1. The van der Waals surface area contributed by atoms with Gasteiger partial charge < -0.3 is 24.4 Å². The van der Waals surface area contributed by atoms with Crippen molar-refractivity contribution < 1.29 is 24.4 Å². The van der Waals surface area contributed by atoms with Crippen LogP contribution in [0.1, 0.15) is 25.0 Å². The first-order chi connectivity index (χ1) is 13.4. The van der Waals surface area contributed by atoms with Crippen molar-refractivity contribution in [1.82, 2.24) is 0 Å². The molecule has 2 atom stereocenters. The molecule has 2 aromatic rings. The molecule has 0 radical (unpaired) electrons. The topological polar surface area (TPSA) is 68.2 Å². The summed E-state index contributed by atoms with van der Waals surface area (Å²) in [6, 6.07) is 15.7. The van der Waals surface area contributed by atoms with Gasteiger partial charge >= 0.3 is 0 Å². The van der Waals surface area contributed by atoms with Crippen LogP contribution in [0.5, 0.6) is 11.5 Å². The molecule has 0 saturated heterocycles. The van der Waals surface area contributed by atoms with E-state index in [-0.39, 0.29) is 31.1 Å². The summed E-state index contributed by atoms with van der Waals surface area (Å²) in [5.74, 6) is 1.55. The summed E-state index contributed by atoms with van der Waals surface area (Å²) in [5.41, 5.74) is 2.08. The second kappa shape index (κ2) is 10.7. The maximum Gasteiger partial charge on any atom is 0.119 e. The van der Waals surface area contributed by atoms with Crippen molar-refractivity contribution in [2.24, 2.45) is 0 Å². The number of benzene rings is 2. The normalized spacial score (nSPS) is 13.8. The Morgan fingerprint density at radius 2 is 1.21 bits per heavy atom. The van der Waals surface area contributed by atoms with E-state index in [0.717, 1.165) is 11.1 Å². The molecular weight excluding hydrogens is 380 g/mol. The minimum absolute atomic E-state index is 0.149. The van der Waals surface area contributed by atoms with Crippen molar-refractivity contribution in [2.75, 3.05) is 32.8 Å². The number of ether oxygens (including phenoxy) is 3. The molecule has 0 unspecified atom stereocenters. The van der Waals surface area contributed by atoms with Gasteiger partial charge in [-0.3, -0.25) is 0 Å². The zero-order chi connectivity index (χ0) is 20.6. The van der Waals surface area contributed by atoms with Gasteiger partial charge in [-0.2, -0.15) is 0 Å². The molecule has 0 spiro atoms. The average molecular weight is 409 g/mol. The standard InChI is InChI=1S/C22H29ClO5/c1-22(2,16-4-8-20(9-5-16)27-14-18(24)12-23)17-6-10-21(11-7-17)28-15-19(25)13-26-3/h4-11,18-19,24-25H,12-15H2,1-3H3/t18-,19+/m1/s1. The molecule has 2 aromatic carbocycles. The fourth-order valence-electron chi connectivity index (χ4n) is 2.77. The Labute approximate surface area is 171 Å². The molecule has 0 bridgehead atoms. The average Bonchev–Trinajstić information content (AvgIpc) is 2.71. The zero-order valence-electron chi connectivity index (χ0n) is 16.6. The zero-order valence-corrected chi connectivity index (χ0v) is 17.4. The van der Waals surface area contributed by atoms with Crippen LogP contribution < -0.4 is 9.47 Å².